The molecular weight excluding hydrogens is 222 g/mol. The summed E-state index contributed by atoms with van der Waals surface area (Å²) in [6.45, 7) is 2.49. The van der Waals surface area contributed by atoms with Crippen LogP contribution in [0.1, 0.15) is 18.5 Å². The molecule has 0 bridgehead atoms. The van der Waals surface area contributed by atoms with Gasteiger partial charge in [0.05, 0.1) is 5.69 Å². The van der Waals surface area contributed by atoms with Crippen molar-refractivity contribution < 1.29 is 9.59 Å². The molecule has 0 aromatic carbocycles. The van der Waals surface area contributed by atoms with Gasteiger partial charge in [-0.3, -0.25) is 9.59 Å². The molecule has 0 spiro atoms. The summed E-state index contributed by atoms with van der Waals surface area (Å²) in [5.74, 6) is -0.582. The van der Waals surface area contributed by atoms with Gasteiger partial charge in [0.2, 0.25) is 11.8 Å². The molecule has 2 amide bonds. The van der Waals surface area contributed by atoms with Gasteiger partial charge in [0, 0.05) is 12.7 Å². The predicted molar refractivity (Wildman–Crippen MR) is 58.7 cm³/mol. The molecule has 0 aliphatic carbocycles. The van der Waals surface area contributed by atoms with Gasteiger partial charge in [-0.2, -0.15) is 0 Å². The predicted octanol–water partition coefficient (Wildman–Crippen LogP) is -0.937. The van der Waals surface area contributed by atoms with Gasteiger partial charge >= 0.3 is 0 Å². The van der Waals surface area contributed by atoms with Gasteiger partial charge in [0.25, 0.3) is 0 Å². The number of likely N-dealkylation sites (tertiary alicyclic amines) is 1. The first-order valence-corrected chi connectivity index (χ1v) is 5.53. The fourth-order valence-corrected chi connectivity index (χ4v) is 2.06. The average molecular weight is 237 g/mol. The van der Waals surface area contributed by atoms with Gasteiger partial charge in [-0.1, -0.05) is 5.21 Å². The summed E-state index contributed by atoms with van der Waals surface area (Å²) < 4.78 is 1.47. The third kappa shape index (κ3) is 2.43. The van der Waals surface area contributed by atoms with Crippen LogP contribution in [0.15, 0.2) is 6.20 Å². The van der Waals surface area contributed by atoms with E-state index in [0.29, 0.717) is 13.0 Å². The first-order chi connectivity index (χ1) is 8.08. The number of nitrogens with two attached hydrogens (primary N) is 1. The second kappa shape index (κ2) is 4.52. The van der Waals surface area contributed by atoms with Gasteiger partial charge in [0.15, 0.2) is 0 Å². The Balaban J connectivity index is 2.02. The molecule has 1 atom stereocenters. The number of hydrogen-bond acceptors (Lipinski definition) is 4. The smallest absolute Gasteiger partial charge is 0.245 e. The Bertz CT molecular complexity index is 442. The van der Waals surface area contributed by atoms with Crippen LogP contribution in [0, 0.1) is 6.92 Å². The van der Waals surface area contributed by atoms with Crippen molar-refractivity contribution in [3.8, 4) is 0 Å². The highest BCUT2D eigenvalue weighted by atomic mass is 16.2. The largest absolute Gasteiger partial charge is 0.368 e. The van der Waals surface area contributed by atoms with Crippen molar-refractivity contribution in [1.29, 1.82) is 0 Å². The van der Waals surface area contributed by atoms with Crippen LogP contribution in [0.3, 0.4) is 0 Å². The molecule has 0 saturated carbocycles. The average Bonchev–Trinajstić information content (AvgIpc) is 2.86. The number of aromatic nitrogens is 3. The molecule has 1 aromatic heterocycles. The van der Waals surface area contributed by atoms with E-state index >= 15 is 0 Å². The second-order valence-electron chi connectivity index (χ2n) is 4.21. The van der Waals surface area contributed by atoms with Crippen molar-refractivity contribution in [3.05, 3.63) is 11.9 Å². The van der Waals surface area contributed by atoms with E-state index in [9.17, 15) is 9.59 Å². The van der Waals surface area contributed by atoms with E-state index < -0.39 is 11.9 Å². The molecule has 92 valence electrons. The number of aryl methyl sites for hydroxylation is 1. The quantitative estimate of drug-likeness (QED) is 0.734. The van der Waals surface area contributed by atoms with Gasteiger partial charge in [-0.25, -0.2) is 4.68 Å². The minimum atomic E-state index is -0.466. The Morgan fingerprint density at radius 1 is 1.59 bits per heavy atom. The van der Waals surface area contributed by atoms with Crippen molar-refractivity contribution in [2.45, 2.75) is 32.4 Å². The molecule has 1 aliphatic heterocycles. The zero-order chi connectivity index (χ0) is 12.4. The van der Waals surface area contributed by atoms with Crippen LogP contribution in [-0.2, 0) is 16.1 Å². The minimum absolute atomic E-state index is 0.102. The van der Waals surface area contributed by atoms with Crippen LogP contribution < -0.4 is 5.73 Å². The maximum Gasteiger partial charge on any atom is 0.245 e. The Morgan fingerprint density at radius 2 is 2.35 bits per heavy atom. The monoisotopic (exact) mass is 237 g/mol. The van der Waals surface area contributed by atoms with Crippen molar-refractivity contribution in [1.82, 2.24) is 19.9 Å². The molecule has 17 heavy (non-hydrogen) atoms. The number of carbonyl (C=O) groups is 2. The summed E-state index contributed by atoms with van der Waals surface area (Å²) in [5.41, 5.74) is 6.01. The van der Waals surface area contributed by atoms with Crippen LogP contribution in [-0.4, -0.2) is 44.3 Å². The standard InChI is InChI=1S/C10H15N5O2/c1-7-5-14(13-12-7)6-9(16)15-4-2-3-8(15)10(11)17/h5,8H,2-4,6H2,1H3,(H2,11,17). The molecule has 1 aliphatic rings. The van der Waals surface area contributed by atoms with Crippen LogP contribution in [0.2, 0.25) is 0 Å². The summed E-state index contributed by atoms with van der Waals surface area (Å²) in [6, 6.07) is -0.466. The van der Waals surface area contributed by atoms with E-state index in [1.807, 2.05) is 0 Å². The SMILES string of the molecule is Cc1cn(CC(=O)N2CCCC2C(N)=O)nn1. The molecule has 7 heteroatoms. The van der Waals surface area contributed by atoms with Crippen LogP contribution in [0.5, 0.6) is 0 Å². The third-order valence-corrected chi connectivity index (χ3v) is 2.85. The molecule has 0 radical (unpaired) electrons. The van der Waals surface area contributed by atoms with Crippen molar-refractivity contribution in [2.75, 3.05) is 6.54 Å². The van der Waals surface area contributed by atoms with Crippen LogP contribution in [0.4, 0.5) is 0 Å². The normalized spacial score (nSPS) is 19.6. The number of hydrogen-bond donors (Lipinski definition) is 1. The topological polar surface area (TPSA) is 94.1 Å². The Labute approximate surface area is 98.6 Å². The number of amides is 2. The summed E-state index contributed by atoms with van der Waals surface area (Å²) in [5, 5.41) is 7.60. The van der Waals surface area contributed by atoms with E-state index in [0.717, 1.165) is 12.1 Å². The molecule has 1 aromatic rings. The third-order valence-electron chi connectivity index (χ3n) is 2.85. The van der Waals surface area contributed by atoms with Gasteiger partial charge in [0.1, 0.15) is 12.6 Å². The number of primary amides is 1. The van der Waals surface area contributed by atoms with Crippen LogP contribution in [0.25, 0.3) is 0 Å². The zero-order valence-electron chi connectivity index (χ0n) is 9.67. The Morgan fingerprint density at radius 3 is 2.94 bits per heavy atom. The second-order valence-corrected chi connectivity index (χ2v) is 4.21. The summed E-state index contributed by atoms with van der Waals surface area (Å²) in [7, 11) is 0. The number of nitrogens with zero attached hydrogens (tertiary/aromatic N) is 4. The van der Waals surface area contributed by atoms with Crippen molar-refractivity contribution >= 4 is 11.8 Å². The first-order valence-electron chi connectivity index (χ1n) is 5.53. The number of carbonyl (C=O) groups excluding carboxylic acids is 2. The lowest BCUT2D eigenvalue weighted by Crippen LogP contribution is -2.45. The molecule has 2 heterocycles. The van der Waals surface area contributed by atoms with E-state index in [1.54, 1.807) is 13.1 Å². The maximum absolute atomic E-state index is 12.0. The lowest BCUT2D eigenvalue weighted by molar-refractivity contribution is -0.137. The minimum Gasteiger partial charge on any atom is -0.368 e. The van der Waals surface area contributed by atoms with E-state index in [2.05, 4.69) is 10.3 Å². The summed E-state index contributed by atoms with van der Waals surface area (Å²) in [4.78, 5) is 24.7. The van der Waals surface area contributed by atoms with Gasteiger partial charge in [-0.05, 0) is 19.8 Å². The van der Waals surface area contributed by atoms with Crippen molar-refractivity contribution in [3.63, 3.8) is 0 Å². The first kappa shape index (κ1) is 11.6. The van der Waals surface area contributed by atoms with E-state index in [-0.39, 0.29) is 12.5 Å². The van der Waals surface area contributed by atoms with E-state index in [4.69, 9.17) is 5.73 Å². The summed E-state index contributed by atoms with van der Waals surface area (Å²) in [6.07, 6.45) is 3.15. The molecule has 1 saturated heterocycles. The molecule has 2 rings (SSSR count). The Hall–Kier alpha value is -1.92. The van der Waals surface area contributed by atoms with Crippen molar-refractivity contribution in [2.24, 2.45) is 5.73 Å². The van der Waals surface area contributed by atoms with Gasteiger partial charge < -0.3 is 10.6 Å². The maximum atomic E-state index is 12.0. The molecule has 7 nitrogen and oxygen atoms in total. The fourth-order valence-electron chi connectivity index (χ4n) is 2.06. The van der Waals surface area contributed by atoms with Gasteiger partial charge in [-0.15, -0.1) is 5.10 Å². The highest BCUT2D eigenvalue weighted by Gasteiger charge is 2.32. The highest BCUT2D eigenvalue weighted by molar-refractivity contribution is 5.87. The lowest BCUT2D eigenvalue weighted by atomic mass is 10.2. The molecule has 1 unspecified atom stereocenters. The van der Waals surface area contributed by atoms with E-state index in [1.165, 1.54) is 9.58 Å². The molecule has 2 N–H and O–H groups in total. The molecule has 1 fully saturated rings. The molecular formula is C10H15N5O2. The fraction of sp³-hybridized carbons (Fsp3) is 0.600. The highest BCUT2D eigenvalue weighted by Crippen LogP contribution is 2.17. The Kier molecular flexibility index (Phi) is 3.08. The van der Waals surface area contributed by atoms with Crippen LogP contribution >= 0.6 is 0 Å². The number of rotatable bonds is 3. The summed E-state index contributed by atoms with van der Waals surface area (Å²) >= 11 is 0. The lowest BCUT2D eigenvalue weighted by Gasteiger charge is -2.21. The zero-order valence-corrected chi connectivity index (χ0v) is 9.67.